The Bertz CT molecular complexity index is 893. The van der Waals surface area contributed by atoms with Gasteiger partial charge < -0.3 is 4.57 Å². The molecule has 8 nitrogen and oxygen atoms in total. The van der Waals surface area contributed by atoms with Gasteiger partial charge in [-0.25, -0.2) is 19.2 Å². The summed E-state index contributed by atoms with van der Waals surface area (Å²) in [6.45, 7) is 4.02. The van der Waals surface area contributed by atoms with Crippen LogP contribution in [-0.2, 0) is 0 Å². The number of pyridine rings is 2. The standard InChI is InChI=1S/C16H16FN7O/c1-10(2)24-9-19-23-15(24)12-4-3-5-13(20-12)21-16(25)22-14-8-11(17)6-7-18-14/h3-10H,1-2H3,(H2,18,20,21,22,25). The molecule has 3 aromatic rings. The van der Waals surface area contributed by atoms with Crippen molar-refractivity contribution in [3.8, 4) is 11.5 Å². The van der Waals surface area contributed by atoms with Gasteiger partial charge in [-0.2, -0.15) is 0 Å². The van der Waals surface area contributed by atoms with Crippen LogP contribution in [-0.4, -0.2) is 30.8 Å². The van der Waals surface area contributed by atoms with E-state index in [9.17, 15) is 9.18 Å². The van der Waals surface area contributed by atoms with E-state index < -0.39 is 11.8 Å². The molecule has 3 aromatic heterocycles. The summed E-state index contributed by atoms with van der Waals surface area (Å²) >= 11 is 0. The number of nitrogens with zero attached hydrogens (tertiary/aromatic N) is 5. The van der Waals surface area contributed by atoms with Crippen LogP contribution in [0, 0.1) is 5.82 Å². The lowest BCUT2D eigenvalue weighted by atomic mass is 10.3. The lowest BCUT2D eigenvalue weighted by Crippen LogP contribution is -2.21. The van der Waals surface area contributed by atoms with Crippen LogP contribution >= 0.6 is 0 Å². The SMILES string of the molecule is CC(C)n1cnnc1-c1cccc(NC(=O)Nc2cc(F)ccn2)n1. The fourth-order valence-corrected chi connectivity index (χ4v) is 2.17. The van der Waals surface area contributed by atoms with E-state index in [4.69, 9.17) is 0 Å². The first-order chi connectivity index (χ1) is 12.0. The second kappa shape index (κ2) is 7.04. The number of nitrogens with one attached hydrogen (secondary N) is 2. The molecule has 0 aliphatic rings. The minimum Gasteiger partial charge on any atom is -0.310 e. The molecule has 0 aliphatic heterocycles. The number of urea groups is 1. The van der Waals surface area contributed by atoms with Gasteiger partial charge in [0.15, 0.2) is 5.82 Å². The molecule has 0 radical (unpaired) electrons. The lowest BCUT2D eigenvalue weighted by Gasteiger charge is -2.11. The molecule has 3 heterocycles. The van der Waals surface area contributed by atoms with Gasteiger partial charge in [0, 0.05) is 18.3 Å². The predicted octanol–water partition coefficient (Wildman–Crippen LogP) is 3.10. The van der Waals surface area contributed by atoms with Crippen LogP contribution in [0.2, 0.25) is 0 Å². The number of carbonyl (C=O) groups is 1. The first-order valence-corrected chi connectivity index (χ1v) is 7.59. The van der Waals surface area contributed by atoms with Crippen molar-refractivity contribution in [1.29, 1.82) is 0 Å². The molecule has 128 valence electrons. The number of amides is 2. The summed E-state index contributed by atoms with van der Waals surface area (Å²) in [5.74, 6) is 0.544. The number of anilines is 2. The molecule has 0 unspecified atom stereocenters. The summed E-state index contributed by atoms with van der Waals surface area (Å²) in [5.41, 5.74) is 0.577. The molecule has 0 atom stereocenters. The Balaban J connectivity index is 1.75. The van der Waals surface area contributed by atoms with Crippen LogP contribution in [0.4, 0.5) is 20.8 Å². The first-order valence-electron chi connectivity index (χ1n) is 7.59. The number of halogens is 1. The Hall–Kier alpha value is -3.36. The predicted molar refractivity (Wildman–Crippen MR) is 90.5 cm³/mol. The molecule has 0 spiro atoms. The highest BCUT2D eigenvalue weighted by atomic mass is 19.1. The molecule has 0 saturated carbocycles. The van der Waals surface area contributed by atoms with E-state index in [1.807, 2.05) is 18.4 Å². The van der Waals surface area contributed by atoms with Crippen LogP contribution in [0.15, 0.2) is 42.9 Å². The maximum absolute atomic E-state index is 13.1. The van der Waals surface area contributed by atoms with Gasteiger partial charge in [-0.15, -0.1) is 10.2 Å². The van der Waals surface area contributed by atoms with Crippen molar-refractivity contribution in [3.05, 3.63) is 48.7 Å². The number of carbonyl (C=O) groups excluding carboxylic acids is 1. The molecule has 0 bridgehead atoms. The van der Waals surface area contributed by atoms with Crippen LogP contribution in [0.25, 0.3) is 11.5 Å². The summed E-state index contributed by atoms with van der Waals surface area (Å²) in [5, 5.41) is 13.0. The number of hydrogen-bond donors (Lipinski definition) is 2. The molecule has 2 amide bonds. The average molecular weight is 341 g/mol. The molecule has 0 aliphatic carbocycles. The third kappa shape index (κ3) is 3.94. The zero-order valence-electron chi connectivity index (χ0n) is 13.6. The van der Waals surface area contributed by atoms with Gasteiger partial charge in [0.1, 0.15) is 29.5 Å². The van der Waals surface area contributed by atoms with Crippen LogP contribution < -0.4 is 10.6 Å². The molecule has 0 saturated heterocycles. The highest BCUT2D eigenvalue weighted by Crippen LogP contribution is 2.19. The Morgan fingerprint density at radius 1 is 1.20 bits per heavy atom. The summed E-state index contributed by atoms with van der Waals surface area (Å²) in [7, 11) is 0. The summed E-state index contributed by atoms with van der Waals surface area (Å²) in [6, 6.07) is 7.07. The third-order valence-corrected chi connectivity index (χ3v) is 3.31. The van der Waals surface area contributed by atoms with Gasteiger partial charge in [-0.3, -0.25) is 10.6 Å². The summed E-state index contributed by atoms with van der Waals surface area (Å²) in [4.78, 5) is 20.2. The van der Waals surface area contributed by atoms with Gasteiger partial charge in [-0.05, 0) is 32.0 Å². The van der Waals surface area contributed by atoms with E-state index >= 15 is 0 Å². The van der Waals surface area contributed by atoms with E-state index in [1.54, 1.807) is 24.5 Å². The van der Waals surface area contributed by atoms with Crippen molar-refractivity contribution in [2.75, 3.05) is 10.6 Å². The van der Waals surface area contributed by atoms with Crippen molar-refractivity contribution >= 4 is 17.7 Å². The number of hydrogen-bond acceptors (Lipinski definition) is 5. The fourth-order valence-electron chi connectivity index (χ4n) is 2.17. The van der Waals surface area contributed by atoms with Gasteiger partial charge in [0.25, 0.3) is 0 Å². The fraction of sp³-hybridized carbons (Fsp3) is 0.188. The molecular weight excluding hydrogens is 325 g/mol. The van der Waals surface area contributed by atoms with Crippen LogP contribution in [0.5, 0.6) is 0 Å². The highest BCUT2D eigenvalue weighted by molar-refractivity contribution is 5.98. The molecule has 0 fully saturated rings. The van der Waals surface area contributed by atoms with E-state index in [-0.39, 0.29) is 11.9 Å². The monoisotopic (exact) mass is 341 g/mol. The largest absolute Gasteiger partial charge is 0.326 e. The Kier molecular flexibility index (Phi) is 4.64. The molecule has 0 aromatic carbocycles. The van der Waals surface area contributed by atoms with Crippen molar-refractivity contribution in [2.24, 2.45) is 0 Å². The van der Waals surface area contributed by atoms with E-state index in [0.717, 1.165) is 6.07 Å². The second-order valence-corrected chi connectivity index (χ2v) is 5.50. The van der Waals surface area contributed by atoms with Gasteiger partial charge >= 0.3 is 6.03 Å². The zero-order valence-corrected chi connectivity index (χ0v) is 13.6. The highest BCUT2D eigenvalue weighted by Gasteiger charge is 2.12. The van der Waals surface area contributed by atoms with E-state index in [2.05, 4.69) is 30.8 Å². The Morgan fingerprint density at radius 3 is 2.76 bits per heavy atom. The zero-order chi connectivity index (χ0) is 17.8. The number of rotatable bonds is 4. The van der Waals surface area contributed by atoms with Gasteiger partial charge in [0.05, 0.1) is 0 Å². The minimum absolute atomic E-state index is 0.105. The number of aromatic nitrogens is 5. The molecule has 25 heavy (non-hydrogen) atoms. The van der Waals surface area contributed by atoms with Crippen molar-refractivity contribution in [1.82, 2.24) is 24.7 Å². The first kappa shape index (κ1) is 16.5. The van der Waals surface area contributed by atoms with E-state index in [0.29, 0.717) is 17.3 Å². The van der Waals surface area contributed by atoms with Crippen LogP contribution in [0.1, 0.15) is 19.9 Å². The topological polar surface area (TPSA) is 97.6 Å². The summed E-state index contributed by atoms with van der Waals surface area (Å²) < 4.78 is 15.0. The van der Waals surface area contributed by atoms with Crippen molar-refractivity contribution < 1.29 is 9.18 Å². The normalized spacial score (nSPS) is 10.7. The third-order valence-electron chi connectivity index (χ3n) is 3.31. The summed E-state index contributed by atoms with van der Waals surface area (Å²) in [6.07, 6.45) is 2.90. The van der Waals surface area contributed by atoms with E-state index in [1.165, 1.54) is 12.3 Å². The van der Waals surface area contributed by atoms with Gasteiger partial charge in [0.2, 0.25) is 0 Å². The lowest BCUT2D eigenvalue weighted by molar-refractivity contribution is 0.262. The maximum atomic E-state index is 13.1. The Labute approximate surface area is 143 Å². The molecule has 3 rings (SSSR count). The van der Waals surface area contributed by atoms with Crippen molar-refractivity contribution in [3.63, 3.8) is 0 Å². The molecule has 9 heteroatoms. The maximum Gasteiger partial charge on any atom is 0.326 e. The van der Waals surface area contributed by atoms with Crippen LogP contribution in [0.3, 0.4) is 0 Å². The second-order valence-electron chi connectivity index (χ2n) is 5.50. The van der Waals surface area contributed by atoms with Crippen molar-refractivity contribution in [2.45, 2.75) is 19.9 Å². The van der Waals surface area contributed by atoms with Gasteiger partial charge in [-0.1, -0.05) is 6.07 Å². The molecule has 2 N–H and O–H groups in total. The minimum atomic E-state index is -0.576. The molecular formula is C16H16FN7O. The quantitative estimate of drug-likeness (QED) is 0.760. The average Bonchev–Trinajstić information content (AvgIpc) is 3.05. The smallest absolute Gasteiger partial charge is 0.310 e. The Morgan fingerprint density at radius 2 is 2.00 bits per heavy atom.